The largest absolute Gasteiger partial charge is 0.295 e. The first-order chi connectivity index (χ1) is 9.95. The van der Waals surface area contributed by atoms with Crippen molar-refractivity contribution in [2.45, 2.75) is 26.1 Å². The van der Waals surface area contributed by atoms with Crippen molar-refractivity contribution in [3.63, 3.8) is 0 Å². The predicted molar refractivity (Wildman–Crippen MR) is 92.5 cm³/mol. The molecule has 1 aromatic heterocycles. The highest BCUT2D eigenvalue weighted by Crippen LogP contribution is 2.30. The lowest BCUT2D eigenvalue weighted by Crippen LogP contribution is -2.02. The van der Waals surface area contributed by atoms with Crippen LogP contribution < -0.4 is 0 Å². The standard InChI is InChI=1S/C17H16BrClN2/c1-10-4-5-16-15(8-10)20-17(12(3)19)21(16)14-7-11(2)6-13(18)9-14/h4-9,12H,1-3H3. The minimum atomic E-state index is -0.156. The van der Waals surface area contributed by atoms with E-state index in [0.29, 0.717) is 0 Å². The third-order valence-electron chi connectivity index (χ3n) is 3.48. The summed E-state index contributed by atoms with van der Waals surface area (Å²) >= 11 is 9.92. The molecule has 3 aromatic rings. The van der Waals surface area contributed by atoms with Gasteiger partial charge < -0.3 is 0 Å². The number of alkyl halides is 1. The topological polar surface area (TPSA) is 17.8 Å². The van der Waals surface area contributed by atoms with E-state index in [1.54, 1.807) is 0 Å². The first kappa shape index (κ1) is 14.6. The minimum absolute atomic E-state index is 0.156. The van der Waals surface area contributed by atoms with E-state index in [4.69, 9.17) is 16.6 Å². The van der Waals surface area contributed by atoms with Gasteiger partial charge in [0, 0.05) is 10.2 Å². The van der Waals surface area contributed by atoms with E-state index in [2.05, 4.69) is 70.7 Å². The van der Waals surface area contributed by atoms with Crippen molar-refractivity contribution < 1.29 is 0 Å². The van der Waals surface area contributed by atoms with Gasteiger partial charge in [0.25, 0.3) is 0 Å². The number of imidazole rings is 1. The van der Waals surface area contributed by atoms with Gasteiger partial charge in [0.2, 0.25) is 0 Å². The molecule has 0 radical (unpaired) electrons. The average Bonchev–Trinajstić information content (AvgIpc) is 2.76. The molecule has 0 N–H and O–H groups in total. The minimum Gasteiger partial charge on any atom is -0.295 e. The van der Waals surface area contributed by atoms with Gasteiger partial charge in [0.15, 0.2) is 0 Å². The predicted octanol–water partition coefficient (Wildman–Crippen LogP) is 5.70. The van der Waals surface area contributed by atoms with Crippen LogP contribution in [0.25, 0.3) is 16.7 Å². The van der Waals surface area contributed by atoms with Crippen LogP contribution in [-0.2, 0) is 0 Å². The maximum Gasteiger partial charge on any atom is 0.132 e. The number of rotatable bonds is 2. The van der Waals surface area contributed by atoms with Gasteiger partial charge in [0.1, 0.15) is 5.82 Å². The van der Waals surface area contributed by atoms with Gasteiger partial charge in [-0.05, 0) is 62.2 Å². The van der Waals surface area contributed by atoms with Crippen molar-refractivity contribution in [3.05, 3.63) is 57.8 Å². The Balaban J connectivity index is 2.36. The van der Waals surface area contributed by atoms with E-state index in [-0.39, 0.29) is 5.38 Å². The molecule has 0 bridgehead atoms. The van der Waals surface area contributed by atoms with Gasteiger partial charge in [-0.15, -0.1) is 11.6 Å². The molecule has 21 heavy (non-hydrogen) atoms. The number of hydrogen-bond acceptors (Lipinski definition) is 1. The number of halogens is 2. The molecule has 3 rings (SSSR count). The molecular formula is C17H16BrClN2. The first-order valence-corrected chi connectivity index (χ1v) is 8.09. The number of hydrogen-bond donors (Lipinski definition) is 0. The maximum atomic E-state index is 6.35. The van der Waals surface area contributed by atoms with Crippen molar-refractivity contribution in [3.8, 4) is 5.69 Å². The van der Waals surface area contributed by atoms with Gasteiger partial charge in [-0.3, -0.25) is 4.57 Å². The molecule has 1 atom stereocenters. The first-order valence-electron chi connectivity index (χ1n) is 6.86. The molecule has 1 heterocycles. The maximum absolute atomic E-state index is 6.35. The molecule has 2 aromatic carbocycles. The Bertz CT molecular complexity index is 801. The second kappa shape index (κ2) is 5.47. The van der Waals surface area contributed by atoms with Crippen molar-refractivity contribution in [1.29, 1.82) is 0 Å². The van der Waals surface area contributed by atoms with Gasteiger partial charge in [-0.2, -0.15) is 0 Å². The molecule has 1 unspecified atom stereocenters. The van der Waals surface area contributed by atoms with Gasteiger partial charge in [0.05, 0.1) is 16.4 Å². The summed E-state index contributed by atoms with van der Waals surface area (Å²) in [4.78, 5) is 4.72. The van der Waals surface area contributed by atoms with Gasteiger partial charge in [-0.25, -0.2) is 4.98 Å². The van der Waals surface area contributed by atoms with Crippen LogP contribution in [0.4, 0.5) is 0 Å². The second-order valence-electron chi connectivity index (χ2n) is 5.40. The van der Waals surface area contributed by atoms with Gasteiger partial charge >= 0.3 is 0 Å². The molecule has 0 fully saturated rings. The Morgan fingerprint density at radius 1 is 1.10 bits per heavy atom. The molecule has 108 valence electrons. The Hall–Kier alpha value is -1.32. The van der Waals surface area contributed by atoms with Crippen LogP contribution in [0.5, 0.6) is 0 Å². The lowest BCUT2D eigenvalue weighted by molar-refractivity contribution is 0.881. The van der Waals surface area contributed by atoms with E-state index in [1.165, 1.54) is 11.1 Å². The van der Waals surface area contributed by atoms with Crippen LogP contribution in [0.15, 0.2) is 40.9 Å². The Labute approximate surface area is 137 Å². The lowest BCUT2D eigenvalue weighted by Gasteiger charge is -2.12. The summed E-state index contributed by atoms with van der Waals surface area (Å²) in [7, 11) is 0. The van der Waals surface area contributed by atoms with Crippen LogP contribution in [0.2, 0.25) is 0 Å². The van der Waals surface area contributed by atoms with E-state index in [0.717, 1.165) is 27.0 Å². The Morgan fingerprint density at radius 2 is 1.86 bits per heavy atom. The molecular weight excluding hydrogens is 348 g/mol. The summed E-state index contributed by atoms with van der Waals surface area (Å²) in [5, 5.41) is -0.156. The summed E-state index contributed by atoms with van der Waals surface area (Å²) in [5.74, 6) is 0.870. The van der Waals surface area contributed by atoms with E-state index in [1.807, 2.05) is 6.92 Å². The van der Waals surface area contributed by atoms with Crippen molar-refractivity contribution in [2.75, 3.05) is 0 Å². The Morgan fingerprint density at radius 3 is 2.52 bits per heavy atom. The number of fused-ring (bicyclic) bond motifs is 1. The smallest absolute Gasteiger partial charge is 0.132 e. The number of aromatic nitrogens is 2. The Kier molecular flexibility index (Phi) is 3.80. The molecule has 0 saturated carbocycles. The van der Waals surface area contributed by atoms with Crippen LogP contribution in [0.3, 0.4) is 0 Å². The van der Waals surface area contributed by atoms with Crippen LogP contribution in [0.1, 0.15) is 29.3 Å². The van der Waals surface area contributed by atoms with Gasteiger partial charge in [-0.1, -0.05) is 22.0 Å². The molecule has 4 heteroatoms. The highest BCUT2D eigenvalue weighted by Gasteiger charge is 2.16. The fraction of sp³-hybridized carbons (Fsp3) is 0.235. The van der Waals surface area contributed by atoms with Crippen molar-refractivity contribution >= 4 is 38.6 Å². The van der Waals surface area contributed by atoms with E-state index in [9.17, 15) is 0 Å². The molecule has 0 aliphatic carbocycles. The zero-order valence-electron chi connectivity index (χ0n) is 12.2. The monoisotopic (exact) mass is 362 g/mol. The summed E-state index contributed by atoms with van der Waals surface area (Å²) < 4.78 is 3.20. The highest BCUT2D eigenvalue weighted by atomic mass is 79.9. The molecule has 2 nitrogen and oxygen atoms in total. The molecule has 0 aliphatic rings. The molecule has 0 spiro atoms. The lowest BCUT2D eigenvalue weighted by atomic mass is 10.2. The fourth-order valence-corrected chi connectivity index (χ4v) is 3.34. The summed E-state index contributed by atoms with van der Waals surface area (Å²) in [6.45, 7) is 6.11. The summed E-state index contributed by atoms with van der Waals surface area (Å²) in [6, 6.07) is 12.6. The van der Waals surface area contributed by atoms with Crippen LogP contribution in [-0.4, -0.2) is 9.55 Å². The highest BCUT2D eigenvalue weighted by molar-refractivity contribution is 9.10. The van der Waals surface area contributed by atoms with Crippen molar-refractivity contribution in [1.82, 2.24) is 9.55 Å². The third kappa shape index (κ3) is 2.72. The van der Waals surface area contributed by atoms with Crippen LogP contribution >= 0.6 is 27.5 Å². The molecule has 0 aliphatic heterocycles. The number of nitrogens with zero attached hydrogens (tertiary/aromatic N) is 2. The normalized spacial score (nSPS) is 12.8. The van der Waals surface area contributed by atoms with Crippen molar-refractivity contribution in [2.24, 2.45) is 0 Å². The summed E-state index contributed by atoms with van der Waals surface area (Å²) in [6.07, 6.45) is 0. The summed E-state index contributed by atoms with van der Waals surface area (Å²) in [5.41, 5.74) is 5.54. The van der Waals surface area contributed by atoms with E-state index < -0.39 is 0 Å². The molecule has 0 amide bonds. The zero-order chi connectivity index (χ0) is 15.1. The zero-order valence-corrected chi connectivity index (χ0v) is 14.5. The third-order valence-corrected chi connectivity index (χ3v) is 4.13. The van der Waals surface area contributed by atoms with Crippen LogP contribution in [0, 0.1) is 13.8 Å². The second-order valence-corrected chi connectivity index (χ2v) is 6.97. The average molecular weight is 364 g/mol. The van der Waals surface area contributed by atoms with E-state index >= 15 is 0 Å². The SMILES string of the molecule is Cc1cc(Br)cc(-n2c(C(C)Cl)nc3cc(C)ccc32)c1. The number of benzene rings is 2. The quantitative estimate of drug-likeness (QED) is 0.534. The molecule has 0 saturated heterocycles. The fourth-order valence-electron chi connectivity index (χ4n) is 2.59. The number of aryl methyl sites for hydroxylation is 2.